The number of nitrogens with zero attached hydrogens (tertiary/aromatic N) is 1. The van der Waals surface area contributed by atoms with Crippen LogP contribution in [0, 0.1) is 12.3 Å². The van der Waals surface area contributed by atoms with E-state index in [9.17, 15) is 14.4 Å². The predicted molar refractivity (Wildman–Crippen MR) is 121 cm³/mol. The van der Waals surface area contributed by atoms with Crippen molar-refractivity contribution in [2.24, 2.45) is 0 Å². The molecule has 0 saturated heterocycles. The predicted octanol–water partition coefficient (Wildman–Crippen LogP) is 3.38. The molecule has 0 aliphatic carbocycles. The minimum atomic E-state index is -0.954. The van der Waals surface area contributed by atoms with Crippen LogP contribution < -0.4 is 10.6 Å². The first-order valence-corrected chi connectivity index (χ1v) is 10.5. The average Bonchev–Trinajstić information content (AvgIpc) is 2.62. The van der Waals surface area contributed by atoms with Crippen LogP contribution in [0.15, 0.2) is 24.3 Å². The fraction of sp³-hybridized carbons (Fsp3) is 0.542. The molecule has 2 N–H and O–H groups in total. The van der Waals surface area contributed by atoms with E-state index < -0.39 is 29.7 Å². The van der Waals surface area contributed by atoms with E-state index in [1.165, 1.54) is 4.90 Å². The lowest BCUT2D eigenvalue weighted by atomic mass is 9.96. The molecule has 1 aromatic rings. The first-order valence-electron chi connectivity index (χ1n) is 10.5. The highest BCUT2D eigenvalue weighted by molar-refractivity contribution is 5.92. The first kappa shape index (κ1) is 26.0. The summed E-state index contributed by atoms with van der Waals surface area (Å²) in [6.45, 7) is 14.1. The Labute approximate surface area is 185 Å². The lowest BCUT2D eigenvalue weighted by Gasteiger charge is -2.37. The van der Waals surface area contributed by atoms with Crippen molar-refractivity contribution >= 4 is 17.9 Å². The number of terminal acetylenes is 1. The van der Waals surface area contributed by atoms with E-state index in [0.29, 0.717) is 11.1 Å². The van der Waals surface area contributed by atoms with Gasteiger partial charge in [0.1, 0.15) is 17.7 Å². The molecule has 3 amide bonds. The van der Waals surface area contributed by atoms with E-state index in [1.54, 1.807) is 52.0 Å². The number of ether oxygens (including phenoxy) is 1. The summed E-state index contributed by atoms with van der Waals surface area (Å²) in [5, 5.41) is 5.44. The summed E-state index contributed by atoms with van der Waals surface area (Å²) in [7, 11) is 0. The van der Waals surface area contributed by atoms with Gasteiger partial charge < -0.3 is 20.3 Å². The van der Waals surface area contributed by atoms with Crippen LogP contribution >= 0.6 is 0 Å². The normalized spacial score (nSPS) is 13.2. The maximum absolute atomic E-state index is 13.4. The molecule has 0 aromatic heterocycles. The number of hydrogen-bond acceptors (Lipinski definition) is 4. The summed E-state index contributed by atoms with van der Waals surface area (Å²) in [6.07, 6.45) is 4.96. The van der Waals surface area contributed by atoms with Crippen molar-refractivity contribution in [3.05, 3.63) is 35.4 Å². The van der Waals surface area contributed by atoms with Crippen LogP contribution in [0.5, 0.6) is 0 Å². The van der Waals surface area contributed by atoms with Gasteiger partial charge in [0.2, 0.25) is 11.8 Å². The van der Waals surface area contributed by atoms with Gasteiger partial charge in [-0.25, -0.2) is 4.79 Å². The minimum absolute atomic E-state index is 0.130. The van der Waals surface area contributed by atoms with Gasteiger partial charge in [0.05, 0.1) is 0 Å². The molecule has 0 spiro atoms. The number of amides is 3. The van der Waals surface area contributed by atoms with Crippen molar-refractivity contribution < 1.29 is 19.1 Å². The van der Waals surface area contributed by atoms with Crippen molar-refractivity contribution in [3.63, 3.8) is 0 Å². The SMILES string of the molecule is C#Cc1ccccc1C(C(=O)NC(C)C)N(C(=O)C(C)NC(=O)OC(C)(C)C)C(C)C. The Hall–Kier alpha value is -3.01. The second-order valence-corrected chi connectivity index (χ2v) is 9.00. The molecule has 0 saturated carbocycles. The zero-order valence-electron chi connectivity index (χ0n) is 19.8. The number of alkyl carbamates (subject to hydrolysis) is 1. The molecule has 0 heterocycles. The quantitative estimate of drug-likeness (QED) is 0.651. The Morgan fingerprint density at radius 1 is 1.03 bits per heavy atom. The summed E-state index contributed by atoms with van der Waals surface area (Å²) >= 11 is 0. The Morgan fingerprint density at radius 3 is 2.10 bits per heavy atom. The van der Waals surface area contributed by atoms with Gasteiger partial charge in [-0.05, 0) is 67.0 Å². The molecular formula is C24H35N3O4. The lowest BCUT2D eigenvalue weighted by molar-refractivity contribution is -0.144. The molecule has 0 bridgehead atoms. The van der Waals surface area contributed by atoms with E-state index in [2.05, 4.69) is 16.6 Å². The van der Waals surface area contributed by atoms with Gasteiger partial charge in [0, 0.05) is 17.6 Å². The monoisotopic (exact) mass is 429 g/mol. The van der Waals surface area contributed by atoms with Crippen LogP contribution in [-0.4, -0.2) is 46.5 Å². The van der Waals surface area contributed by atoms with Gasteiger partial charge in [-0.2, -0.15) is 0 Å². The Balaban J connectivity index is 3.36. The fourth-order valence-electron chi connectivity index (χ4n) is 3.10. The standard InChI is InChI=1S/C24H35N3O4/c1-10-18-13-11-12-14-19(18)20(21(28)25-15(2)3)27(16(4)5)22(29)17(6)26-23(30)31-24(7,8)9/h1,11-17,20H,2-9H3,(H,25,28)(H,26,30). The fourth-order valence-corrected chi connectivity index (χ4v) is 3.10. The third-order valence-corrected chi connectivity index (χ3v) is 4.28. The molecule has 2 atom stereocenters. The van der Waals surface area contributed by atoms with Crippen LogP contribution in [0.1, 0.15) is 72.6 Å². The zero-order chi connectivity index (χ0) is 23.9. The van der Waals surface area contributed by atoms with E-state index in [-0.39, 0.29) is 18.0 Å². The van der Waals surface area contributed by atoms with Gasteiger partial charge >= 0.3 is 6.09 Å². The van der Waals surface area contributed by atoms with Crippen molar-refractivity contribution in [1.29, 1.82) is 0 Å². The number of hydrogen-bond donors (Lipinski definition) is 2. The van der Waals surface area contributed by atoms with Gasteiger partial charge in [0.15, 0.2) is 0 Å². The van der Waals surface area contributed by atoms with Crippen LogP contribution in [0.3, 0.4) is 0 Å². The van der Waals surface area contributed by atoms with Gasteiger partial charge in [-0.1, -0.05) is 24.1 Å². The highest BCUT2D eigenvalue weighted by Gasteiger charge is 2.37. The number of carbonyl (C=O) groups is 3. The highest BCUT2D eigenvalue weighted by Crippen LogP contribution is 2.27. The molecular weight excluding hydrogens is 394 g/mol. The Morgan fingerprint density at radius 2 is 1.61 bits per heavy atom. The maximum atomic E-state index is 13.4. The van der Waals surface area contributed by atoms with Gasteiger partial charge in [0.25, 0.3) is 0 Å². The van der Waals surface area contributed by atoms with Crippen LogP contribution in [0.25, 0.3) is 0 Å². The minimum Gasteiger partial charge on any atom is -0.444 e. The highest BCUT2D eigenvalue weighted by atomic mass is 16.6. The van der Waals surface area contributed by atoms with Gasteiger partial charge in [-0.3, -0.25) is 9.59 Å². The third kappa shape index (κ3) is 7.63. The topological polar surface area (TPSA) is 87.7 Å². The van der Waals surface area contributed by atoms with Crippen molar-refractivity contribution in [2.45, 2.75) is 85.2 Å². The first-order chi connectivity index (χ1) is 14.3. The largest absolute Gasteiger partial charge is 0.444 e. The molecule has 7 heteroatoms. The van der Waals surface area contributed by atoms with E-state index >= 15 is 0 Å². The molecule has 0 fully saturated rings. The summed E-state index contributed by atoms with van der Waals surface area (Å²) in [5.41, 5.74) is 0.378. The van der Waals surface area contributed by atoms with Gasteiger partial charge in [-0.15, -0.1) is 6.42 Å². The van der Waals surface area contributed by atoms with E-state index in [0.717, 1.165) is 0 Å². The Bertz CT molecular complexity index is 834. The van der Waals surface area contributed by atoms with Crippen LogP contribution in [0.4, 0.5) is 4.79 Å². The van der Waals surface area contributed by atoms with Crippen molar-refractivity contribution in [3.8, 4) is 12.3 Å². The number of carbonyl (C=O) groups excluding carboxylic acids is 3. The number of nitrogens with one attached hydrogen (secondary N) is 2. The molecule has 0 aliphatic heterocycles. The average molecular weight is 430 g/mol. The Kier molecular flexibility index (Phi) is 9.11. The van der Waals surface area contributed by atoms with Crippen molar-refractivity contribution in [1.82, 2.24) is 15.5 Å². The molecule has 1 rings (SSSR count). The maximum Gasteiger partial charge on any atom is 0.408 e. The van der Waals surface area contributed by atoms with Crippen LogP contribution in [0.2, 0.25) is 0 Å². The second kappa shape index (κ2) is 10.9. The van der Waals surface area contributed by atoms with Crippen LogP contribution in [-0.2, 0) is 14.3 Å². The summed E-state index contributed by atoms with van der Waals surface area (Å²) in [4.78, 5) is 40.3. The molecule has 1 aromatic carbocycles. The van der Waals surface area contributed by atoms with E-state index in [1.807, 2.05) is 27.7 Å². The summed E-state index contributed by atoms with van der Waals surface area (Å²) < 4.78 is 5.25. The second-order valence-electron chi connectivity index (χ2n) is 9.00. The van der Waals surface area contributed by atoms with E-state index in [4.69, 9.17) is 11.2 Å². The molecule has 31 heavy (non-hydrogen) atoms. The molecule has 7 nitrogen and oxygen atoms in total. The molecule has 0 radical (unpaired) electrons. The molecule has 170 valence electrons. The molecule has 0 aliphatic rings. The zero-order valence-corrected chi connectivity index (χ0v) is 19.8. The number of benzene rings is 1. The molecule has 2 unspecified atom stereocenters. The van der Waals surface area contributed by atoms with Crippen molar-refractivity contribution in [2.75, 3.05) is 0 Å². The summed E-state index contributed by atoms with van der Waals surface area (Å²) in [6, 6.07) is 4.69. The smallest absolute Gasteiger partial charge is 0.408 e. The lowest BCUT2D eigenvalue weighted by Crippen LogP contribution is -2.54. The third-order valence-electron chi connectivity index (χ3n) is 4.28. The summed E-state index contributed by atoms with van der Waals surface area (Å²) in [5.74, 6) is 1.83. The number of rotatable bonds is 7.